The molecule has 29 heavy (non-hydrogen) atoms. The zero-order valence-corrected chi connectivity index (χ0v) is 17.4. The molecule has 0 spiro atoms. The zero-order chi connectivity index (χ0) is 20.5. The second-order valence-corrected chi connectivity index (χ2v) is 8.02. The number of nitrogens with one attached hydrogen (secondary N) is 1. The van der Waals surface area contributed by atoms with Crippen molar-refractivity contribution in [2.75, 3.05) is 14.2 Å². The van der Waals surface area contributed by atoms with Gasteiger partial charge >= 0.3 is 5.97 Å². The van der Waals surface area contributed by atoms with E-state index in [1.165, 1.54) is 18.9 Å². The summed E-state index contributed by atoms with van der Waals surface area (Å²) in [5, 5.41) is 5.71. The Balaban J connectivity index is 1.73. The van der Waals surface area contributed by atoms with E-state index in [2.05, 4.69) is 10.3 Å². The zero-order valence-electron chi connectivity index (χ0n) is 16.6. The van der Waals surface area contributed by atoms with Crippen LogP contribution in [0.3, 0.4) is 0 Å². The largest absolute Gasteiger partial charge is 0.497 e. The predicted molar refractivity (Wildman–Crippen MR) is 111 cm³/mol. The lowest BCUT2D eigenvalue weighted by molar-refractivity contribution is -0.136. The average Bonchev–Trinajstić information content (AvgIpc) is 3.45. The van der Waals surface area contributed by atoms with Crippen LogP contribution >= 0.6 is 11.8 Å². The van der Waals surface area contributed by atoms with Gasteiger partial charge in [0.1, 0.15) is 5.75 Å². The highest BCUT2D eigenvalue weighted by molar-refractivity contribution is 8.16. The van der Waals surface area contributed by atoms with Crippen molar-refractivity contribution in [2.24, 2.45) is 4.99 Å². The summed E-state index contributed by atoms with van der Waals surface area (Å²) in [4.78, 5) is 31.7. The first-order valence-corrected chi connectivity index (χ1v) is 10.4. The average molecular weight is 413 g/mol. The Hall–Kier alpha value is -2.74. The number of benzene rings is 1. The van der Waals surface area contributed by atoms with Crippen LogP contribution in [0.2, 0.25) is 0 Å². The highest BCUT2D eigenvalue weighted by Crippen LogP contribution is 2.45. The van der Waals surface area contributed by atoms with Crippen molar-refractivity contribution in [2.45, 2.75) is 38.3 Å². The van der Waals surface area contributed by atoms with Crippen molar-refractivity contribution in [3.05, 3.63) is 52.2 Å². The fourth-order valence-corrected chi connectivity index (χ4v) is 4.50. The first-order chi connectivity index (χ1) is 14.0. The number of esters is 1. The van der Waals surface area contributed by atoms with Crippen LogP contribution < -0.4 is 10.1 Å². The van der Waals surface area contributed by atoms with Gasteiger partial charge in [0.05, 0.1) is 38.0 Å². The normalized spacial score (nSPS) is 20.7. The number of carbonyl (C=O) groups is 2. The van der Waals surface area contributed by atoms with Crippen LogP contribution in [0.4, 0.5) is 0 Å². The van der Waals surface area contributed by atoms with Crippen molar-refractivity contribution in [3.8, 4) is 5.75 Å². The first-order valence-electron chi connectivity index (χ1n) is 9.48. The maximum Gasteiger partial charge on any atom is 0.338 e. The third-order valence-corrected chi connectivity index (χ3v) is 5.99. The minimum atomic E-state index is -0.444. The summed E-state index contributed by atoms with van der Waals surface area (Å²) >= 11 is 1.46. The highest BCUT2D eigenvalue weighted by atomic mass is 32.2. The van der Waals surface area contributed by atoms with Crippen LogP contribution in [0, 0.1) is 0 Å². The summed E-state index contributed by atoms with van der Waals surface area (Å²) in [6.45, 7) is 1.81. The number of rotatable bonds is 6. The summed E-state index contributed by atoms with van der Waals surface area (Å²) in [5.41, 5.74) is 2.75. The van der Waals surface area contributed by atoms with E-state index in [0.29, 0.717) is 23.1 Å². The summed E-state index contributed by atoms with van der Waals surface area (Å²) in [5.74, 6) is 0.241. The number of amides is 1. The predicted octanol–water partition coefficient (Wildman–Crippen LogP) is 3.11. The molecule has 2 heterocycles. The third kappa shape index (κ3) is 3.89. The summed E-state index contributed by atoms with van der Waals surface area (Å²) in [7, 11) is 2.97. The highest BCUT2D eigenvalue weighted by Gasteiger charge is 2.41. The molecular weight excluding hydrogens is 390 g/mol. The number of allylic oxidation sites excluding steroid dienone is 1. The Bertz CT molecular complexity index is 949. The minimum absolute atomic E-state index is 0.0177. The molecule has 152 valence electrons. The molecule has 1 fully saturated rings. The number of thioether (sulfide) groups is 1. The first kappa shape index (κ1) is 19.6. The van der Waals surface area contributed by atoms with Gasteiger partial charge in [-0.15, -0.1) is 0 Å². The molecule has 0 bridgehead atoms. The molecule has 3 aliphatic rings. The van der Waals surface area contributed by atoms with E-state index < -0.39 is 12.0 Å². The lowest BCUT2D eigenvalue weighted by Gasteiger charge is -2.36. The van der Waals surface area contributed by atoms with Gasteiger partial charge in [0, 0.05) is 11.7 Å². The van der Waals surface area contributed by atoms with Crippen LogP contribution in [-0.2, 0) is 14.3 Å². The van der Waals surface area contributed by atoms with E-state index >= 15 is 0 Å². The maximum atomic E-state index is 12.7. The molecule has 0 saturated heterocycles. The number of fused-ring (bicyclic) bond motifs is 1. The summed E-state index contributed by atoms with van der Waals surface area (Å²) in [6.07, 6.45) is 2.31. The molecule has 8 heteroatoms. The van der Waals surface area contributed by atoms with Gasteiger partial charge in [-0.2, -0.15) is 0 Å². The van der Waals surface area contributed by atoms with Gasteiger partial charge in [-0.05, 0) is 42.9 Å². The summed E-state index contributed by atoms with van der Waals surface area (Å²) in [6, 6.07) is 7.43. The van der Waals surface area contributed by atoms with E-state index in [4.69, 9.17) is 9.47 Å². The van der Waals surface area contributed by atoms with Gasteiger partial charge in [0.25, 0.3) is 0 Å². The Labute approximate surface area is 173 Å². The van der Waals surface area contributed by atoms with Crippen LogP contribution in [0.5, 0.6) is 5.75 Å². The molecule has 1 saturated carbocycles. The van der Waals surface area contributed by atoms with E-state index in [9.17, 15) is 9.59 Å². The second kappa shape index (κ2) is 7.94. The van der Waals surface area contributed by atoms with Crippen molar-refractivity contribution < 1.29 is 19.1 Å². The molecule has 4 rings (SSSR count). The van der Waals surface area contributed by atoms with Crippen molar-refractivity contribution in [3.63, 3.8) is 0 Å². The van der Waals surface area contributed by atoms with Gasteiger partial charge in [0.2, 0.25) is 5.91 Å². The van der Waals surface area contributed by atoms with Gasteiger partial charge in [0.15, 0.2) is 5.17 Å². The molecule has 7 nitrogen and oxygen atoms in total. The van der Waals surface area contributed by atoms with Gasteiger partial charge in [-0.1, -0.05) is 23.9 Å². The number of methoxy groups -OCH3 is 2. The second-order valence-electron chi connectivity index (χ2n) is 7.18. The topological polar surface area (TPSA) is 80.2 Å². The number of carbonyl (C=O) groups excluding carboxylic acids is 2. The number of aliphatic imine (C=N–C) groups is 1. The van der Waals surface area contributed by atoms with E-state index in [1.807, 2.05) is 41.5 Å². The van der Waals surface area contributed by atoms with Crippen LogP contribution in [-0.4, -0.2) is 42.2 Å². The van der Waals surface area contributed by atoms with Crippen LogP contribution in [0.25, 0.3) is 0 Å². The van der Waals surface area contributed by atoms with Crippen molar-refractivity contribution >= 4 is 28.8 Å². The van der Waals surface area contributed by atoms with Crippen LogP contribution in [0.15, 0.2) is 51.6 Å². The Morgan fingerprint density at radius 3 is 2.79 bits per heavy atom. The molecule has 2 aliphatic heterocycles. The van der Waals surface area contributed by atoms with Gasteiger partial charge in [-0.3, -0.25) is 4.79 Å². The lowest BCUT2D eigenvalue weighted by atomic mass is 9.93. The molecule has 1 aromatic carbocycles. The quantitative estimate of drug-likeness (QED) is 0.722. The van der Waals surface area contributed by atoms with Crippen LogP contribution in [0.1, 0.15) is 37.8 Å². The number of nitrogens with zero attached hydrogens (tertiary/aromatic N) is 2. The monoisotopic (exact) mass is 413 g/mol. The Kier molecular flexibility index (Phi) is 5.36. The van der Waals surface area contributed by atoms with Crippen molar-refractivity contribution in [1.29, 1.82) is 0 Å². The van der Waals surface area contributed by atoms with E-state index in [-0.39, 0.29) is 12.3 Å². The van der Waals surface area contributed by atoms with Gasteiger partial charge in [-0.25, -0.2) is 9.79 Å². The Morgan fingerprint density at radius 1 is 1.31 bits per heavy atom. The molecule has 0 aromatic heterocycles. The summed E-state index contributed by atoms with van der Waals surface area (Å²) < 4.78 is 10.4. The minimum Gasteiger partial charge on any atom is -0.497 e. The number of ether oxygens (including phenoxy) is 2. The van der Waals surface area contributed by atoms with E-state index in [0.717, 1.165) is 29.3 Å². The van der Waals surface area contributed by atoms with E-state index in [1.54, 1.807) is 7.11 Å². The fourth-order valence-electron chi connectivity index (χ4n) is 3.54. The smallest absolute Gasteiger partial charge is 0.338 e. The molecule has 1 aromatic rings. The molecule has 1 atom stereocenters. The molecule has 1 amide bonds. The fraction of sp³-hybridized carbons (Fsp3) is 0.381. The molecule has 1 aliphatic carbocycles. The van der Waals surface area contributed by atoms with Gasteiger partial charge < -0.3 is 19.7 Å². The SMILES string of the molecule is COC(=O)C1=C(C)N=C2SC=C(CC(=O)NC3CC3)N2C1c1cccc(OC)c1. The molecule has 0 radical (unpaired) electrons. The number of amidine groups is 1. The Morgan fingerprint density at radius 2 is 2.10 bits per heavy atom. The van der Waals surface area contributed by atoms with Crippen molar-refractivity contribution in [1.82, 2.24) is 10.2 Å². The maximum absolute atomic E-state index is 12.7. The molecule has 1 unspecified atom stereocenters. The molecule has 1 N–H and O–H groups in total. The molecular formula is C21H23N3O4S. The third-order valence-electron chi connectivity index (χ3n) is 5.10. The lowest BCUT2D eigenvalue weighted by Crippen LogP contribution is -2.38. The number of hydrogen-bond acceptors (Lipinski definition) is 7. The standard InChI is InChI=1S/C21H23N3O4S/c1-12-18(20(26)28-3)19(13-5-4-6-16(9-13)27-2)24-15(11-29-21(24)22-12)10-17(25)23-14-7-8-14/h4-6,9,11,14,19H,7-8,10H2,1-3H3,(H,23,25). The number of hydrogen-bond donors (Lipinski definition) is 1.